The minimum atomic E-state index is -1.06. The molecule has 0 unspecified atom stereocenters. The Kier molecular flexibility index (Phi) is 17.6. The van der Waals surface area contributed by atoms with Crippen molar-refractivity contribution in [1.29, 1.82) is 0 Å². The van der Waals surface area contributed by atoms with Gasteiger partial charge >= 0.3 is 24.3 Å². The topological polar surface area (TPSA) is 211 Å². The Bertz CT molecular complexity index is 2560. The number of benzene rings is 5. The molecule has 5 aromatic carbocycles. The molecule has 0 heterocycles. The highest BCUT2D eigenvalue weighted by Crippen LogP contribution is 2.44. The Hall–Kier alpha value is -7.88. The number of primary amides is 1. The molecule has 16 nitrogen and oxygen atoms in total. The van der Waals surface area contributed by atoms with Crippen LogP contribution in [0.15, 0.2) is 127 Å². The first-order valence-electron chi connectivity index (χ1n) is 23.3. The van der Waals surface area contributed by atoms with Gasteiger partial charge in [0.05, 0.1) is 0 Å². The Morgan fingerprint density at radius 1 is 0.671 bits per heavy atom. The highest BCUT2D eigenvalue weighted by Gasteiger charge is 2.32. The van der Waals surface area contributed by atoms with Gasteiger partial charge in [-0.15, -0.1) is 0 Å². The van der Waals surface area contributed by atoms with E-state index in [-0.39, 0.29) is 51.1 Å². The van der Waals surface area contributed by atoms with Crippen LogP contribution in [-0.4, -0.2) is 98.3 Å². The van der Waals surface area contributed by atoms with Crippen LogP contribution in [0.25, 0.3) is 22.3 Å². The molecule has 0 bridgehead atoms. The van der Waals surface area contributed by atoms with E-state index >= 15 is 0 Å². The third kappa shape index (κ3) is 13.9. The quantitative estimate of drug-likeness (QED) is 0.0374. The van der Waals surface area contributed by atoms with Crippen LogP contribution in [0.5, 0.6) is 0 Å². The number of hydrogen-bond donors (Lipinski definition) is 5. The van der Waals surface area contributed by atoms with Gasteiger partial charge in [0.1, 0.15) is 30.9 Å². The molecule has 1 aliphatic rings. The lowest BCUT2D eigenvalue weighted by atomic mass is 9.95. The molecule has 6 rings (SSSR count). The maximum atomic E-state index is 13.8. The van der Waals surface area contributed by atoms with Gasteiger partial charge in [0.25, 0.3) is 0 Å². The zero-order valence-electron chi connectivity index (χ0n) is 40.5. The molecule has 16 heteroatoms. The molecule has 0 radical (unpaired) electrons. The summed E-state index contributed by atoms with van der Waals surface area (Å²) < 4.78 is 17.1. The van der Waals surface area contributed by atoms with Crippen LogP contribution in [0.1, 0.15) is 68.7 Å². The van der Waals surface area contributed by atoms with E-state index in [0.29, 0.717) is 17.7 Å². The summed E-state index contributed by atoms with van der Waals surface area (Å²) in [4.78, 5) is 80.7. The number of fused-ring (bicyclic) bond motifs is 3. The molecule has 1 aliphatic carbocycles. The van der Waals surface area contributed by atoms with Crippen molar-refractivity contribution in [2.24, 2.45) is 11.7 Å². The fourth-order valence-electron chi connectivity index (χ4n) is 8.05. The summed E-state index contributed by atoms with van der Waals surface area (Å²) in [7, 11) is 3.17. The third-order valence-corrected chi connectivity index (χ3v) is 12.2. The number of anilines is 1. The summed E-state index contributed by atoms with van der Waals surface area (Å²) in [6.07, 6.45) is -1.48. The average Bonchev–Trinajstić information content (AvgIpc) is 3.67. The minimum absolute atomic E-state index is 0.0617. The largest absolute Gasteiger partial charge is 0.449 e. The van der Waals surface area contributed by atoms with Crippen molar-refractivity contribution >= 4 is 41.8 Å². The fraction of sp³-hybridized carbons (Fsp3) is 0.333. The van der Waals surface area contributed by atoms with E-state index in [0.717, 1.165) is 38.9 Å². The normalized spacial score (nSPS) is 12.6. The molecule has 0 fully saturated rings. The first-order valence-corrected chi connectivity index (χ1v) is 23.3. The van der Waals surface area contributed by atoms with Gasteiger partial charge in [-0.05, 0) is 89.2 Å². The van der Waals surface area contributed by atoms with E-state index in [9.17, 15) is 28.8 Å². The number of likely N-dealkylation sites (N-methyl/N-ethyl adjacent to an activating group) is 2. The second kappa shape index (κ2) is 23.9. The predicted octanol–water partition coefficient (Wildman–Crippen LogP) is 8.36. The van der Waals surface area contributed by atoms with Crippen LogP contribution < -0.4 is 27.0 Å². The molecule has 7 amide bonds. The molecular formula is C54H63N7O9. The molecule has 6 N–H and O–H groups in total. The number of alkyl carbamates (subject to hydrolysis) is 1. The van der Waals surface area contributed by atoms with Gasteiger partial charge in [-0.1, -0.05) is 129 Å². The summed E-state index contributed by atoms with van der Waals surface area (Å²) in [6.45, 7) is 7.72. The number of rotatable bonds is 20. The zero-order valence-corrected chi connectivity index (χ0v) is 40.5. The number of amides is 7. The molecule has 0 aromatic heterocycles. The Labute approximate surface area is 409 Å². The maximum Gasteiger partial charge on any atom is 0.410 e. The van der Waals surface area contributed by atoms with Gasteiger partial charge in [-0.2, -0.15) is 0 Å². The van der Waals surface area contributed by atoms with E-state index in [1.54, 1.807) is 52.2 Å². The molecule has 0 saturated heterocycles. The van der Waals surface area contributed by atoms with E-state index in [1.165, 1.54) is 9.80 Å². The smallest absolute Gasteiger partial charge is 0.410 e. The molecule has 0 spiro atoms. The van der Waals surface area contributed by atoms with Crippen molar-refractivity contribution in [3.05, 3.63) is 150 Å². The number of nitrogens with two attached hydrogens (primary N) is 1. The summed E-state index contributed by atoms with van der Waals surface area (Å²) in [6, 6.07) is 37.6. The molecule has 368 valence electrons. The van der Waals surface area contributed by atoms with Crippen molar-refractivity contribution in [3.63, 3.8) is 0 Å². The van der Waals surface area contributed by atoms with Crippen molar-refractivity contribution in [1.82, 2.24) is 25.8 Å². The van der Waals surface area contributed by atoms with E-state index < -0.39 is 53.8 Å². The monoisotopic (exact) mass is 953 g/mol. The standard InChI is InChI=1S/C54H63N7O9/c1-35(2)47(59-51(65)68-34-45-43-19-12-10-17-41(43)42-18-11-13-20-44(42)45)49(63)58-46(21-14-30-56-50(55)64)48(62)57-40-28-22-36(23-29-40)33-69-52(66)60(5)31-32-61(6)53(67)70-54(3,4)39-26-24-38(25-27-39)37-15-8-7-9-16-37/h7-13,15-20,22-29,35,45-47H,14,21,30-34H2,1-6H3,(H,57,62)(H,58,63)(H,59,65)(H3,55,56,64)/t46-,47-/m0/s1. The van der Waals surface area contributed by atoms with Crippen LogP contribution in [0.3, 0.4) is 0 Å². The minimum Gasteiger partial charge on any atom is -0.449 e. The molecule has 5 aromatic rings. The van der Waals surface area contributed by atoms with Gasteiger partial charge in [0.2, 0.25) is 11.8 Å². The van der Waals surface area contributed by atoms with Gasteiger partial charge in [0, 0.05) is 45.3 Å². The maximum absolute atomic E-state index is 13.8. The number of urea groups is 1. The molecular weight excluding hydrogens is 891 g/mol. The third-order valence-electron chi connectivity index (χ3n) is 12.2. The number of ether oxygens (including phenoxy) is 3. The van der Waals surface area contributed by atoms with E-state index in [2.05, 4.69) is 21.3 Å². The summed E-state index contributed by atoms with van der Waals surface area (Å²) in [5, 5.41) is 10.8. The number of nitrogens with zero attached hydrogens (tertiary/aromatic N) is 2. The average molecular weight is 954 g/mol. The fourth-order valence-corrected chi connectivity index (χ4v) is 8.05. The number of carbonyl (C=O) groups is 6. The van der Waals surface area contributed by atoms with Crippen LogP contribution in [0.4, 0.5) is 24.9 Å². The first-order chi connectivity index (χ1) is 33.5. The first kappa shape index (κ1) is 51.5. The van der Waals surface area contributed by atoms with E-state index in [4.69, 9.17) is 19.9 Å². The lowest BCUT2D eigenvalue weighted by Crippen LogP contribution is -2.54. The van der Waals surface area contributed by atoms with Gasteiger partial charge in [-0.3, -0.25) is 9.59 Å². The Balaban J connectivity index is 0.963. The highest BCUT2D eigenvalue weighted by atomic mass is 16.6. The van der Waals surface area contributed by atoms with Crippen molar-refractivity contribution in [2.45, 2.75) is 70.7 Å². The molecule has 2 atom stereocenters. The lowest BCUT2D eigenvalue weighted by molar-refractivity contribution is -0.128. The SMILES string of the molecule is CC(C)[C@H](NC(=O)OCC1c2ccccc2-c2ccccc21)C(=O)N[C@@H](CCCNC(N)=O)C(=O)Nc1ccc(COC(=O)N(C)CCN(C)C(=O)OC(C)(C)c2ccc(-c3ccccc3)cc2)cc1. The summed E-state index contributed by atoms with van der Waals surface area (Å²) in [5.41, 5.74) is 12.6. The van der Waals surface area contributed by atoms with Crippen molar-refractivity contribution < 1.29 is 43.0 Å². The van der Waals surface area contributed by atoms with Crippen LogP contribution in [-0.2, 0) is 36.0 Å². The number of nitrogens with one attached hydrogen (secondary N) is 4. The second-order valence-electron chi connectivity index (χ2n) is 18.1. The number of carbonyl (C=O) groups excluding carboxylic acids is 6. The van der Waals surface area contributed by atoms with E-state index in [1.807, 2.05) is 117 Å². The summed E-state index contributed by atoms with van der Waals surface area (Å²) in [5.74, 6) is -1.67. The van der Waals surface area contributed by atoms with Crippen molar-refractivity contribution in [3.8, 4) is 22.3 Å². The molecule has 70 heavy (non-hydrogen) atoms. The van der Waals surface area contributed by atoms with Gasteiger partial charge in [0.15, 0.2) is 0 Å². The van der Waals surface area contributed by atoms with Crippen LogP contribution in [0.2, 0.25) is 0 Å². The zero-order chi connectivity index (χ0) is 50.4. The predicted molar refractivity (Wildman–Crippen MR) is 267 cm³/mol. The molecule has 0 saturated carbocycles. The number of hydrogen-bond acceptors (Lipinski definition) is 9. The van der Waals surface area contributed by atoms with Gasteiger partial charge < -0.3 is 51.0 Å². The lowest BCUT2D eigenvalue weighted by Gasteiger charge is -2.29. The van der Waals surface area contributed by atoms with Gasteiger partial charge in [-0.25, -0.2) is 19.2 Å². The van der Waals surface area contributed by atoms with Crippen LogP contribution >= 0.6 is 0 Å². The Morgan fingerprint density at radius 3 is 1.84 bits per heavy atom. The van der Waals surface area contributed by atoms with Crippen LogP contribution in [0, 0.1) is 5.92 Å². The highest BCUT2D eigenvalue weighted by molar-refractivity contribution is 5.98. The van der Waals surface area contributed by atoms with Crippen molar-refractivity contribution in [2.75, 3.05) is 45.7 Å². The Morgan fingerprint density at radius 2 is 1.24 bits per heavy atom. The summed E-state index contributed by atoms with van der Waals surface area (Å²) >= 11 is 0. The molecule has 0 aliphatic heterocycles. The second-order valence-corrected chi connectivity index (χ2v) is 18.1.